The van der Waals surface area contributed by atoms with Gasteiger partial charge in [-0.3, -0.25) is 24.6 Å². The number of rotatable bonds is 5. The van der Waals surface area contributed by atoms with Crippen molar-refractivity contribution in [2.24, 2.45) is 0 Å². The normalized spacial score (nSPS) is 12.8. The van der Waals surface area contributed by atoms with Crippen molar-refractivity contribution in [2.75, 3.05) is 19.0 Å². The molecule has 0 fully saturated rings. The number of aromatic nitrogens is 3. The first-order valence-electron chi connectivity index (χ1n) is 9.80. The third kappa shape index (κ3) is 3.25. The van der Waals surface area contributed by atoms with Crippen LogP contribution >= 0.6 is 0 Å². The number of anilines is 1. The van der Waals surface area contributed by atoms with Crippen molar-refractivity contribution in [3.8, 4) is 17.0 Å². The van der Waals surface area contributed by atoms with Gasteiger partial charge in [0.05, 0.1) is 23.9 Å². The van der Waals surface area contributed by atoms with Crippen LogP contribution in [0.15, 0.2) is 66.7 Å². The van der Waals surface area contributed by atoms with Crippen molar-refractivity contribution < 1.29 is 19.1 Å². The monoisotopic (exact) mass is 427 g/mol. The second kappa shape index (κ2) is 7.62. The molecule has 1 N–H and O–H groups in total. The van der Waals surface area contributed by atoms with Crippen LogP contribution in [0.5, 0.6) is 5.75 Å². The fraction of sp³-hybridized carbons (Fsp3) is 0.0870. The van der Waals surface area contributed by atoms with Gasteiger partial charge < -0.3 is 4.74 Å². The molecule has 4 aromatic rings. The Hall–Kier alpha value is -4.53. The maximum Gasteiger partial charge on any atom is 0.262 e. The predicted molar refractivity (Wildman–Crippen MR) is 115 cm³/mol. The number of nitrogens with zero attached hydrogens (tertiary/aromatic N) is 4. The summed E-state index contributed by atoms with van der Waals surface area (Å²) < 4.78 is 6.81. The Morgan fingerprint density at radius 1 is 0.938 bits per heavy atom. The molecule has 0 atom stereocenters. The topological polar surface area (TPSA) is 106 Å². The maximum absolute atomic E-state index is 12.6. The minimum Gasteiger partial charge on any atom is -0.497 e. The second-order valence-corrected chi connectivity index (χ2v) is 7.14. The number of hydrogen-bond donors (Lipinski definition) is 1. The Balaban J connectivity index is 1.36. The number of nitrogens with one attached hydrogen (secondary N) is 1. The quantitative estimate of drug-likeness (QED) is 0.491. The number of benzene rings is 2. The van der Waals surface area contributed by atoms with Gasteiger partial charge in [0.15, 0.2) is 5.65 Å². The fourth-order valence-electron chi connectivity index (χ4n) is 3.63. The van der Waals surface area contributed by atoms with Gasteiger partial charge in [-0.2, -0.15) is 4.98 Å². The molecule has 0 aliphatic carbocycles. The van der Waals surface area contributed by atoms with Gasteiger partial charge >= 0.3 is 0 Å². The summed E-state index contributed by atoms with van der Waals surface area (Å²) in [6, 6.07) is 19.5. The third-order valence-corrected chi connectivity index (χ3v) is 5.18. The molecule has 2 aromatic carbocycles. The van der Waals surface area contributed by atoms with Crippen LogP contribution in [0.1, 0.15) is 20.7 Å². The van der Waals surface area contributed by atoms with Crippen LogP contribution < -0.4 is 10.1 Å². The van der Waals surface area contributed by atoms with Gasteiger partial charge in [0.25, 0.3) is 11.8 Å². The Bertz CT molecular complexity index is 1340. The molecule has 0 spiro atoms. The lowest BCUT2D eigenvalue weighted by atomic mass is 10.1. The number of carbonyl (C=O) groups excluding carboxylic acids is 3. The molecule has 32 heavy (non-hydrogen) atoms. The Morgan fingerprint density at radius 3 is 2.28 bits per heavy atom. The highest BCUT2D eigenvalue weighted by Crippen LogP contribution is 2.24. The molecule has 2 aromatic heterocycles. The molecule has 5 rings (SSSR count). The molecular formula is C23H17N5O4. The first kappa shape index (κ1) is 19.4. The summed E-state index contributed by atoms with van der Waals surface area (Å²) in [5.41, 5.74) is 2.79. The summed E-state index contributed by atoms with van der Waals surface area (Å²) in [5.74, 6) is -0.745. The molecule has 3 amide bonds. The van der Waals surface area contributed by atoms with E-state index >= 15 is 0 Å². The minimum absolute atomic E-state index is 0.0765. The lowest BCUT2D eigenvalue weighted by molar-refractivity contribution is -0.116. The minimum atomic E-state index is -0.568. The van der Waals surface area contributed by atoms with Crippen LogP contribution in [0.3, 0.4) is 0 Å². The van der Waals surface area contributed by atoms with Crippen molar-refractivity contribution in [3.05, 3.63) is 77.9 Å². The molecule has 1 aliphatic rings. The van der Waals surface area contributed by atoms with Gasteiger partial charge in [0.1, 0.15) is 12.3 Å². The summed E-state index contributed by atoms with van der Waals surface area (Å²) in [4.78, 5) is 42.7. The van der Waals surface area contributed by atoms with Crippen LogP contribution in [0.2, 0.25) is 0 Å². The van der Waals surface area contributed by atoms with E-state index in [2.05, 4.69) is 15.4 Å². The Kier molecular flexibility index (Phi) is 4.63. The first-order chi connectivity index (χ1) is 15.5. The highest BCUT2D eigenvalue weighted by Gasteiger charge is 2.36. The fourth-order valence-corrected chi connectivity index (χ4v) is 3.63. The first-order valence-corrected chi connectivity index (χ1v) is 9.80. The van der Waals surface area contributed by atoms with Gasteiger partial charge in [0.2, 0.25) is 11.9 Å². The highest BCUT2D eigenvalue weighted by molar-refractivity contribution is 6.22. The van der Waals surface area contributed by atoms with Crippen molar-refractivity contribution in [1.29, 1.82) is 0 Å². The van der Waals surface area contributed by atoms with E-state index in [1.54, 1.807) is 42.0 Å². The Labute approximate surface area is 182 Å². The van der Waals surface area contributed by atoms with E-state index in [9.17, 15) is 14.4 Å². The van der Waals surface area contributed by atoms with E-state index in [-0.39, 0.29) is 5.95 Å². The van der Waals surface area contributed by atoms with E-state index in [4.69, 9.17) is 4.74 Å². The standard InChI is InChI=1S/C23H17N5O4/c1-32-15-11-9-14(10-12-15)18-7-4-8-19-24-23(26-28(18)19)25-20(29)13-27-21(30)16-5-2-3-6-17(16)22(27)31/h2-12H,13H2,1H3,(H,25,26,29). The molecule has 0 saturated carbocycles. The van der Waals surface area contributed by atoms with Crippen molar-refractivity contribution in [1.82, 2.24) is 19.5 Å². The average Bonchev–Trinajstić information content (AvgIpc) is 3.33. The van der Waals surface area contributed by atoms with Crippen molar-refractivity contribution >= 4 is 29.3 Å². The van der Waals surface area contributed by atoms with Gasteiger partial charge in [-0.1, -0.05) is 18.2 Å². The molecule has 0 bridgehead atoms. The average molecular weight is 427 g/mol. The molecule has 0 radical (unpaired) electrons. The number of methoxy groups -OCH3 is 1. The molecule has 0 unspecified atom stereocenters. The summed E-state index contributed by atoms with van der Waals surface area (Å²) in [7, 11) is 1.60. The number of ether oxygens (including phenoxy) is 1. The molecule has 158 valence electrons. The summed E-state index contributed by atoms with van der Waals surface area (Å²) in [6.45, 7) is -0.423. The lowest BCUT2D eigenvalue weighted by Crippen LogP contribution is -2.37. The number of carbonyl (C=O) groups is 3. The van der Waals surface area contributed by atoms with E-state index in [1.807, 2.05) is 36.4 Å². The van der Waals surface area contributed by atoms with Crippen molar-refractivity contribution in [3.63, 3.8) is 0 Å². The summed E-state index contributed by atoms with van der Waals surface area (Å²) >= 11 is 0. The molecular weight excluding hydrogens is 410 g/mol. The van der Waals surface area contributed by atoms with Crippen LogP contribution in [0.25, 0.3) is 16.9 Å². The van der Waals surface area contributed by atoms with Crippen LogP contribution in [-0.2, 0) is 4.79 Å². The zero-order valence-electron chi connectivity index (χ0n) is 17.0. The highest BCUT2D eigenvalue weighted by atomic mass is 16.5. The van der Waals surface area contributed by atoms with Crippen LogP contribution in [0.4, 0.5) is 5.95 Å². The number of pyridine rings is 1. The zero-order chi connectivity index (χ0) is 22.2. The van der Waals surface area contributed by atoms with Gasteiger partial charge in [-0.25, -0.2) is 4.52 Å². The van der Waals surface area contributed by atoms with E-state index < -0.39 is 24.3 Å². The second-order valence-electron chi connectivity index (χ2n) is 7.14. The molecule has 9 nitrogen and oxygen atoms in total. The Morgan fingerprint density at radius 2 is 1.62 bits per heavy atom. The summed E-state index contributed by atoms with van der Waals surface area (Å²) in [5, 5.41) is 6.95. The third-order valence-electron chi connectivity index (χ3n) is 5.18. The number of fused-ring (bicyclic) bond motifs is 2. The van der Waals surface area contributed by atoms with E-state index in [1.165, 1.54) is 0 Å². The van der Waals surface area contributed by atoms with E-state index in [0.29, 0.717) is 16.8 Å². The zero-order valence-corrected chi connectivity index (χ0v) is 17.0. The van der Waals surface area contributed by atoms with Gasteiger partial charge in [-0.15, -0.1) is 5.10 Å². The predicted octanol–water partition coefficient (Wildman–Crippen LogP) is 2.64. The smallest absolute Gasteiger partial charge is 0.262 e. The number of hydrogen-bond acceptors (Lipinski definition) is 6. The number of amides is 3. The van der Waals surface area contributed by atoms with Crippen molar-refractivity contribution in [2.45, 2.75) is 0 Å². The largest absolute Gasteiger partial charge is 0.497 e. The molecule has 3 heterocycles. The van der Waals surface area contributed by atoms with Crippen LogP contribution in [-0.4, -0.2) is 50.9 Å². The molecule has 9 heteroatoms. The maximum atomic E-state index is 12.6. The summed E-state index contributed by atoms with van der Waals surface area (Å²) in [6.07, 6.45) is 0. The van der Waals surface area contributed by atoms with E-state index in [0.717, 1.165) is 21.9 Å². The molecule has 0 saturated heterocycles. The SMILES string of the molecule is COc1ccc(-c2cccc3nc(NC(=O)CN4C(=O)c5ccccc5C4=O)nn23)cc1. The lowest BCUT2D eigenvalue weighted by Gasteiger charge is -2.12. The van der Waals surface area contributed by atoms with Crippen LogP contribution in [0, 0.1) is 0 Å². The van der Waals surface area contributed by atoms with Gasteiger partial charge in [0, 0.05) is 5.56 Å². The van der Waals surface area contributed by atoms with Gasteiger partial charge in [-0.05, 0) is 48.5 Å². The molecule has 1 aliphatic heterocycles. The number of imide groups is 1.